The average Bonchev–Trinajstić information content (AvgIpc) is 2.89. The molecule has 4 heteroatoms. The molecule has 0 aliphatic carbocycles. The SMILES string of the molecule is Cc1cc(F)ccc1-n1cncc1C1(C)CCNCC1. The summed E-state index contributed by atoms with van der Waals surface area (Å²) >= 11 is 0. The van der Waals surface area contributed by atoms with Crippen LogP contribution in [0.25, 0.3) is 5.69 Å². The maximum Gasteiger partial charge on any atom is 0.123 e. The fraction of sp³-hybridized carbons (Fsp3) is 0.438. The first-order valence-electron chi connectivity index (χ1n) is 7.10. The maximum atomic E-state index is 13.3. The van der Waals surface area contributed by atoms with E-state index >= 15 is 0 Å². The zero-order valence-electron chi connectivity index (χ0n) is 12.0. The van der Waals surface area contributed by atoms with E-state index in [1.807, 2.05) is 25.5 Å². The number of rotatable bonds is 2. The molecule has 1 aliphatic rings. The number of imidazole rings is 1. The van der Waals surface area contributed by atoms with E-state index < -0.39 is 0 Å². The van der Waals surface area contributed by atoms with Crippen LogP contribution in [0.2, 0.25) is 0 Å². The molecule has 1 aliphatic heterocycles. The van der Waals surface area contributed by atoms with Gasteiger partial charge in [0.2, 0.25) is 0 Å². The van der Waals surface area contributed by atoms with Crippen molar-refractivity contribution >= 4 is 0 Å². The van der Waals surface area contributed by atoms with Crippen molar-refractivity contribution in [2.24, 2.45) is 0 Å². The van der Waals surface area contributed by atoms with Gasteiger partial charge in [-0.3, -0.25) is 0 Å². The van der Waals surface area contributed by atoms with Crippen LogP contribution in [0.5, 0.6) is 0 Å². The van der Waals surface area contributed by atoms with E-state index in [4.69, 9.17) is 0 Å². The summed E-state index contributed by atoms with van der Waals surface area (Å²) < 4.78 is 15.4. The maximum absolute atomic E-state index is 13.3. The Morgan fingerprint density at radius 3 is 2.75 bits per heavy atom. The summed E-state index contributed by atoms with van der Waals surface area (Å²) in [5.74, 6) is -0.194. The average molecular weight is 273 g/mol. The molecular formula is C16H20FN3. The molecule has 3 rings (SSSR count). The predicted molar refractivity (Wildman–Crippen MR) is 77.7 cm³/mol. The first-order chi connectivity index (χ1) is 9.60. The normalized spacial score (nSPS) is 18.1. The fourth-order valence-corrected chi connectivity index (χ4v) is 3.06. The lowest BCUT2D eigenvalue weighted by atomic mass is 9.78. The Kier molecular flexibility index (Phi) is 3.34. The van der Waals surface area contributed by atoms with Crippen LogP contribution in [-0.2, 0) is 5.41 Å². The van der Waals surface area contributed by atoms with Crippen LogP contribution >= 0.6 is 0 Å². The predicted octanol–water partition coefficient (Wildman–Crippen LogP) is 2.96. The zero-order valence-corrected chi connectivity index (χ0v) is 12.0. The van der Waals surface area contributed by atoms with E-state index in [1.165, 1.54) is 11.8 Å². The lowest BCUT2D eigenvalue weighted by Crippen LogP contribution is -2.38. The van der Waals surface area contributed by atoms with E-state index in [9.17, 15) is 4.39 Å². The molecular weight excluding hydrogens is 253 g/mol. The summed E-state index contributed by atoms with van der Waals surface area (Å²) in [6.07, 6.45) is 5.98. The molecule has 0 spiro atoms. The third-order valence-corrected chi connectivity index (χ3v) is 4.38. The van der Waals surface area contributed by atoms with Crippen LogP contribution in [0.1, 0.15) is 31.0 Å². The summed E-state index contributed by atoms with van der Waals surface area (Å²) in [4.78, 5) is 4.33. The molecule has 0 radical (unpaired) electrons. The number of piperidine rings is 1. The summed E-state index contributed by atoms with van der Waals surface area (Å²) in [5.41, 5.74) is 3.29. The van der Waals surface area contributed by atoms with Crippen LogP contribution in [0.15, 0.2) is 30.7 Å². The molecule has 106 valence electrons. The molecule has 1 N–H and O–H groups in total. The lowest BCUT2D eigenvalue weighted by molar-refractivity contribution is 0.324. The molecule has 1 fully saturated rings. The van der Waals surface area contributed by atoms with E-state index in [2.05, 4.69) is 21.8 Å². The number of aromatic nitrogens is 2. The highest BCUT2D eigenvalue weighted by molar-refractivity contribution is 5.43. The smallest absolute Gasteiger partial charge is 0.123 e. The molecule has 2 aromatic rings. The van der Waals surface area contributed by atoms with Gasteiger partial charge in [-0.1, -0.05) is 6.92 Å². The van der Waals surface area contributed by atoms with Gasteiger partial charge in [-0.15, -0.1) is 0 Å². The Morgan fingerprint density at radius 1 is 1.30 bits per heavy atom. The molecule has 1 aromatic carbocycles. The van der Waals surface area contributed by atoms with Gasteiger partial charge in [0.15, 0.2) is 0 Å². The number of nitrogens with zero attached hydrogens (tertiary/aromatic N) is 2. The highest BCUT2D eigenvalue weighted by atomic mass is 19.1. The van der Waals surface area contributed by atoms with Gasteiger partial charge in [-0.05, 0) is 56.6 Å². The van der Waals surface area contributed by atoms with Crippen molar-refractivity contribution in [1.29, 1.82) is 0 Å². The van der Waals surface area contributed by atoms with Crippen molar-refractivity contribution in [1.82, 2.24) is 14.9 Å². The third kappa shape index (κ3) is 2.24. The Balaban J connectivity index is 2.05. The van der Waals surface area contributed by atoms with Crippen molar-refractivity contribution in [3.63, 3.8) is 0 Å². The highest BCUT2D eigenvalue weighted by Gasteiger charge is 2.32. The number of nitrogens with one attached hydrogen (secondary N) is 1. The molecule has 0 atom stereocenters. The Hall–Kier alpha value is -1.68. The number of hydrogen-bond acceptors (Lipinski definition) is 2. The van der Waals surface area contributed by atoms with Gasteiger partial charge in [0, 0.05) is 23.0 Å². The number of benzene rings is 1. The second-order valence-corrected chi connectivity index (χ2v) is 5.89. The standard InChI is InChI=1S/C16H20FN3/c1-12-9-13(17)3-4-14(12)20-11-19-10-15(20)16(2)5-7-18-8-6-16/h3-4,9-11,18H,5-8H2,1-2H3. The van der Waals surface area contributed by atoms with Gasteiger partial charge < -0.3 is 9.88 Å². The van der Waals surface area contributed by atoms with Crippen LogP contribution in [0, 0.1) is 12.7 Å². The van der Waals surface area contributed by atoms with E-state index in [0.29, 0.717) is 0 Å². The molecule has 2 heterocycles. The summed E-state index contributed by atoms with van der Waals surface area (Å²) in [5, 5.41) is 3.40. The molecule has 0 unspecified atom stereocenters. The second-order valence-electron chi connectivity index (χ2n) is 5.89. The molecule has 20 heavy (non-hydrogen) atoms. The van der Waals surface area contributed by atoms with Gasteiger partial charge >= 0.3 is 0 Å². The molecule has 0 bridgehead atoms. The minimum atomic E-state index is -0.194. The number of hydrogen-bond donors (Lipinski definition) is 1. The summed E-state index contributed by atoms with van der Waals surface area (Å²) in [6, 6.07) is 4.92. The third-order valence-electron chi connectivity index (χ3n) is 4.38. The van der Waals surface area contributed by atoms with E-state index in [0.717, 1.165) is 37.2 Å². The van der Waals surface area contributed by atoms with Gasteiger partial charge in [0.25, 0.3) is 0 Å². The van der Waals surface area contributed by atoms with Crippen LogP contribution in [-0.4, -0.2) is 22.6 Å². The largest absolute Gasteiger partial charge is 0.317 e. The van der Waals surface area contributed by atoms with Gasteiger partial charge in [-0.25, -0.2) is 9.37 Å². The fourth-order valence-electron chi connectivity index (χ4n) is 3.06. The quantitative estimate of drug-likeness (QED) is 0.911. The molecule has 0 amide bonds. The van der Waals surface area contributed by atoms with Crippen LogP contribution in [0.4, 0.5) is 4.39 Å². The van der Waals surface area contributed by atoms with Crippen molar-refractivity contribution in [2.45, 2.75) is 32.1 Å². The Labute approximate surface area is 118 Å². The van der Waals surface area contributed by atoms with Gasteiger partial charge in [0.1, 0.15) is 5.82 Å². The summed E-state index contributed by atoms with van der Waals surface area (Å²) in [7, 11) is 0. The number of halogens is 1. The molecule has 1 aromatic heterocycles. The monoisotopic (exact) mass is 273 g/mol. The van der Waals surface area contributed by atoms with Crippen molar-refractivity contribution in [3.8, 4) is 5.69 Å². The van der Waals surface area contributed by atoms with Gasteiger partial charge in [0.05, 0.1) is 6.33 Å². The topological polar surface area (TPSA) is 29.9 Å². The van der Waals surface area contributed by atoms with Gasteiger partial charge in [-0.2, -0.15) is 0 Å². The first-order valence-corrected chi connectivity index (χ1v) is 7.10. The Morgan fingerprint density at radius 2 is 2.05 bits per heavy atom. The summed E-state index contributed by atoms with van der Waals surface area (Å²) in [6.45, 7) is 6.29. The highest BCUT2D eigenvalue weighted by Crippen LogP contribution is 2.34. The minimum Gasteiger partial charge on any atom is -0.317 e. The lowest BCUT2D eigenvalue weighted by Gasteiger charge is -2.34. The molecule has 1 saturated heterocycles. The minimum absolute atomic E-state index is 0.128. The van der Waals surface area contributed by atoms with E-state index in [1.54, 1.807) is 6.07 Å². The zero-order chi connectivity index (χ0) is 14.2. The first kappa shape index (κ1) is 13.3. The van der Waals surface area contributed by atoms with Crippen LogP contribution < -0.4 is 5.32 Å². The van der Waals surface area contributed by atoms with Crippen molar-refractivity contribution in [3.05, 3.63) is 47.8 Å². The van der Waals surface area contributed by atoms with Crippen molar-refractivity contribution in [2.75, 3.05) is 13.1 Å². The Bertz CT molecular complexity index is 612. The van der Waals surface area contributed by atoms with Crippen molar-refractivity contribution < 1.29 is 4.39 Å². The molecule has 0 saturated carbocycles. The second kappa shape index (κ2) is 5.02. The van der Waals surface area contributed by atoms with Crippen LogP contribution in [0.3, 0.4) is 0 Å². The number of aryl methyl sites for hydroxylation is 1. The van der Waals surface area contributed by atoms with E-state index in [-0.39, 0.29) is 11.2 Å². The molecule has 3 nitrogen and oxygen atoms in total.